The predicted molar refractivity (Wildman–Crippen MR) is 58.0 cm³/mol. The van der Waals surface area contributed by atoms with Crippen LogP contribution in [0.2, 0.25) is 0 Å². The second-order valence-electron chi connectivity index (χ2n) is 4.00. The Labute approximate surface area is 91.9 Å². The maximum Gasteiger partial charge on any atom is 0.141 e. The summed E-state index contributed by atoms with van der Waals surface area (Å²) in [4.78, 5) is 4.46. The van der Waals surface area contributed by atoms with Crippen LogP contribution in [-0.2, 0) is 0 Å². The van der Waals surface area contributed by atoms with Crippen molar-refractivity contribution in [3.63, 3.8) is 0 Å². The summed E-state index contributed by atoms with van der Waals surface area (Å²) >= 11 is 3.65. The van der Waals surface area contributed by atoms with E-state index < -0.39 is 0 Å². The Kier molecular flexibility index (Phi) is 2.86. The van der Waals surface area contributed by atoms with E-state index in [1.165, 1.54) is 12.6 Å². The van der Waals surface area contributed by atoms with E-state index in [0.29, 0.717) is 16.7 Å². The van der Waals surface area contributed by atoms with Crippen LogP contribution in [0.3, 0.4) is 0 Å². The molecule has 0 radical (unpaired) electrons. The fourth-order valence-corrected chi connectivity index (χ4v) is 2.85. The normalized spacial score (nSPS) is 32.1. The number of hydrogen-bond donors (Lipinski definition) is 0. The van der Waals surface area contributed by atoms with Gasteiger partial charge in [-0.05, 0) is 36.3 Å². The molecule has 0 N–H and O–H groups in total. The second kappa shape index (κ2) is 3.97. The number of alkyl halides is 1. The quantitative estimate of drug-likeness (QED) is 0.702. The molecule has 1 aromatic heterocycles. The molecule has 0 saturated heterocycles. The van der Waals surface area contributed by atoms with Gasteiger partial charge in [0.15, 0.2) is 0 Å². The van der Waals surface area contributed by atoms with Crippen LogP contribution in [0.25, 0.3) is 0 Å². The largest absolute Gasteiger partial charge is 0.261 e. The maximum atomic E-state index is 13.0. The van der Waals surface area contributed by atoms with Crippen molar-refractivity contribution in [1.29, 1.82) is 0 Å². The highest BCUT2D eigenvalue weighted by Gasteiger charge is 2.32. The molecule has 1 heterocycles. The number of hydrogen-bond acceptors (Lipinski definition) is 1. The molecular weight excluding hydrogens is 245 g/mol. The summed E-state index contributed by atoms with van der Waals surface area (Å²) in [5.41, 5.74) is 1.04. The van der Waals surface area contributed by atoms with Crippen LogP contribution < -0.4 is 0 Å². The molecule has 3 unspecified atom stereocenters. The standard InChI is InChI=1S/C11H13BrFN/c1-7-10(2-3-11(7)12)8-4-9(13)6-14-5-8/h4-7,10-11H,2-3H2,1H3. The molecule has 1 fully saturated rings. The molecule has 1 aliphatic rings. The van der Waals surface area contributed by atoms with E-state index in [1.807, 2.05) is 0 Å². The topological polar surface area (TPSA) is 12.9 Å². The van der Waals surface area contributed by atoms with Crippen molar-refractivity contribution in [3.8, 4) is 0 Å². The first kappa shape index (κ1) is 10.1. The van der Waals surface area contributed by atoms with Crippen molar-refractivity contribution in [2.45, 2.75) is 30.5 Å². The van der Waals surface area contributed by atoms with Crippen LogP contribution in [-0.4, -0.2) is 9.81 Å². The Hall–Kier alpha value is -0.440. The van der Waals surface area contributed by atoms with Gasteiger partial charge in [0.2, 0.25) is 0 Å². The first-order valence-corrected chi connectivity index (χ1v) is 5.84. The SMILES string of the molecule is CC1C(Br)CCC1c1cncc(F)c1. The van der Waals surface area contributed by atoms with Crippen LogP contribution in [0, 0.1) is 11.7 Å². The lowest BCUT2D eigenvalue weighted by molar-refractivity contribution is 0.536. The molecular formula is C11H13BrFN. The molecule has 0 spiro atoms. The molecule has 0 aliphatic heterocycles. The van der Waals surface area contributed by atoms with E-state index in [0.717, 1.165) is 12.0 Å². The Bertz CT molecular complexity index is 329. The predicted octanol–water partition coefficient (Wildman–Crippen LogP) is 3.50. The zero-order chi connectivity index (χ0) is 10.1. The van der Waals surface area contributed by atoms with E-state index in [1.54, 1.807) is 12.3 Å². The van der Waals surface area contributed by atoms with E-state index in [9.17, 15) is 4.39 Å². The second-order valence-corrected chi connectivity index (χ2v) is 5.17. The van der Waals surface area contributed by atoms with Crippen molar-refractivity contribution in [2.75, 3.05) is 0 Å². The van der Waals surface area contributed by atoms with Crippen molar-refractivity contribution in [2.24, 2.45) is 5.92 Å². The monoisotopic (exact) mass is 257 g/mol. The summed E-state index contributed by atoms with van der Waals surface area (Å²) in [6.45, 7) is 2.21. The van der Waals surface area contributed by atoms with Crippen molar-refractivity contribution in [1.82, 2.24) is 4.98 Å². The summed E-state index contributed by atoms with van der Waals surface area (Å²) in [6, 6.07) is 1.61. The fraction of sp³-hybridized carbons (Fsp3) is 0.545. The first-order valence-electron chi connectivity index (χ1n) is 4.93. The van der Waals surface area contributed by atoms with Gasteiger partial charge in [-0.3, -0.25) is 4.98 Å². The van der Waals surface area contributed by atoms with Crippen molar-refractivity contribution >= 4 is 15.9 Å². The molecule has 1 nitrogen and oxygen atoms in total. The molecule has 3 atom stereocenters. The molecule has 1 aromatic rings. The number of halogens is 2. The Morgan fingerprint density at radius 2 is 2.21 bits per heavy atom. The lowest BCUT2D eigenvalue weighted by atomic mass is 9.91. The van der Waals surface area contributed by atoms with Crippen molar-refractivity contribution < 1.29 is 4.39 Å². The van der Waals surface area contributed by atoms with E-state index in [2.05, 4.69) is 27.8 Å². The minimum atomic E-state index is -0.229. The number of nitrogens with zero attached hydrogens (tertiary/aromatic N) is 1. The van der Waals surface area contributed by atoms with E-state index in [-0.39, 0.29) is 5.82 Å². The van der Waals surface area contributed by atoms with Gasteiger partial charge in [-0.1, -0.05) is 22.9 Å². The zero-order valence-corrected chi connectivity index (χ0v) is 9.67. The van der Waals surface area contributed by atoms with Gasteiger partial charge in [0.1, 0.15) is 5.82 Å². The highest BCUT2D eigenvalue weighted by Crippen LogP contribution is 2.42. The molecule has 2 rings (SSSR count). The summed E-state index contributed by atoms with van der Waals surface area (Å²) in [7, 11) is 0. The third-order valence-electron chi connectivity index (χ3n) is 3.11. The zero-order valence-electron chi connectivity index (χ0n) is 8.08. The van der Waals surface area contributed by atoms with Crippen molar-refractivity contribution in [3.05, 3.63) is 29.8 Å². The Morgan fingerprint density at radius 1 is 1.43 bits per heavy atom. The third kappa shape index (κ3) is 1.83. The smallest absolute Gasteiger partial charge is 0.141 e. The highest BCUT2D eigenvalue weighted by molar-refractivity contribution is 9.09. The van der Waals surface area contributed by atoms with Crippen LogP contribution in [0.15, 0.2) is 18.5 Å². The number of pyridine rings is 1. The lowest BCUT2D eigenvalue weighted by Crippen LogP contribution is -2.09. The van der Waals surface area contributed by atoms with Gasteiger partial charge in [0.25, 0.3) is 0 Å². The summed E-state index contributed by atoms with van der Waals surface area (Å²) in [5.74, 6) is 0.800. The van der Waals surface area contributed by atoms with Crippen LogP contribution >= 0.6 is 15.9 Å². The Morgan fingerprint density at radius 3 is 2.79 bits per heavy atom. The van der Waals surface area contributed by atoms with Gasteiger partial charge in [-0.15, -0.1) is 0 Å². The van der Waals surface area contributed by atoms with Crippen LogP contribution in [0.5, 0.6) is 0 Å². The molecule has 0 aromatic carbocycles. The number of rotatable bonds is 1. The fourth-order valence-electron chi connectivity index (χ4n) is 2.22. The van der Waals surface area contributed by atoms with Gasteiger partial charge in [0.05, 0.1) is 6.20 Å². The minimum Gasteiger partial charge on any atom is -0.261 e. The van der Waals surface area contributed by atoms with Crippen LogP contribution in [0.4, 0.5) is 4.39 Å². The van der Waals surface area contributed by atoms with Gasteiger partial charge >= 0.3 is 0 Å². The molecule has 0 bridgehead atoms. The van der Waals surface area contributed by atoms with Gasteiger partial charge in [0, 0.05) is 11.0 Å². The molecule has 1 aliphatic carbocycles. The molecule has 0 amide bonds. The summed E-state index contributed by atoms with van der Waals surface area (Å²) < 4.78 is 13.0. The minimum absolute atomic E-state index is 0.229. The number of aromatic nitrogens is 1. The Balaban J connectivity index is 2.23. The third-order valence-corrected chi connectivity index (χ3v) is 4.40. The van der Waals surface area contributed by atoms with E-state index >= 15 is 0 Å². The first-order chi connectivity index (χ1) is 6.68. The maximum absolute atomic E-state index is 13.0. The van der Waals surface area contributed by atoms with Gasteiger partial charge in [-0.25, -0.2) is 4.39 Å². The van der Waals surface area contributed by atoms with Crippen LogP contribution in [0.1, 0.15) is 31.2 Å². The van der Waals surface area contributed by atoms with Gasteiger partial charge < -0.3 is 0 Å². The summed E-state index contributed by atoms with van der Waals surface area (Å²) in [5, 5.41) is 0. The average molecular weight is 258 g/mol. The summed E-state index contributed by atoms with van der Waals surface area (Å²) in [6.07, 6.45) is 5.34. The van der Waals surface area contributed by atoms with Gasteiger partial charge in [-0.2, -0.15) is 0 Å². The molecule has 3 heteroatoms. The average Bonchev–Trinajstić information content (AvgIpc) is 2.48. The van der Waals surface area contributed by atoms with E-state index in [4.69, 9.17) is 0 Å². The molecule has 76 valence electrons. The lowest BCUT2D eigenvalue weighted by Gasteiger charge is -2.17. The molecule has 14 heavy (non-hydrogen) atoms. The highest BCUT2D eigenvalue weighted by atomic mass is 79.9. The molecule has 1 saturated carbocycles.